The first kappa shape index (κ1) is 22.9. The van der Waals surface area contributed by atoms with Crippen LogP contribution in [-0.4, -0.2) is 40.6 Å². The molecule has 0 bridgehead atoms. The van der Waals surface area contributed by atoms with Gasteiger partial charge in [0.1, 0.15) is 16.0 Å². The van der Waals surface area contributed by atoms with Crippen molar-refractivity contribution in [3.8, 4) is 5.75 Å². The standard InChI is InChI=1S/C20H22FNO5S2/c1-3-14-9-15(18(24)12-5-7-13(8-6-12)27-11-21)19(29-14)22-17(23)10-28-16(4-2)20(25)26/h5-9,16H,3-4,10-11H2,1-2H3,(H,22,23)(H,25,26). The number of halogens is 1. The number of hydrogen-bond donors (Lipinski definition) is 2. The number of benzene rings is 1. The van der Waals surface area contributed by atoms with Gasteiger partial charge in [-0.15, -0.1) is 23.1 Å². The quantitative estimate of drug-likeness (QED) is 0.505. The van der Waals surface area contributed by atoms with E-state index in [9.17, 15) is 18.8 Å². The van der Waals surface area contributed by atoms with Gasteiger partial charge in [0, 0.05) is 10.4 Å². The topological polar surface area (TPSA) is 92.7 Å². The van der Waals surface area contributed by atoms with E-state index in [2.05, 4.69) is 5.32 Å². The summed E-state index contributed by atoms with van der Waals surface area (Å²) < 4.78 is 17.0. The average molecular weight is 440 g/mol. The van der Waals surface area contributed by atoms with Crippen molar-refractivity contribution in [3.05, 3.63) is 46.3 Å². The molecule has 6 nitrogen and oxygen atoms in total. The summed E-state index contributed by atoms with van der Waals surface area (Å²) in [6.45, 7) is 2.74. The van der Waals surface area contributed by atoms with Crippen LogP contribution in [0.15, 0.2) is 30.3 Å². The number of ketones is 1. The fourth-order valence-corrected chi connectivity index (χ4v) is 4.31. The maximum atomic E-state index is 12.9. The molecule has 1 aromatic carbocycles. The molecular weight excluding hydrogens is 417 g/mol. The summed E-state index contributed by atoms with van der Waals surface area (Å²) in [6.07, 6.45) is 1.12. The van der Waals surface area contributed by atoms with Gasteiger partial charge >= 0.3 is 5.97 Å². The molecule has 0 aliphatic heterocycles. The molecule has 2 N–H and O–H groups in total. The van der Waals surface area contributed by atoms with Gasteiger partial charge in [-0.25, -0.2) is 4.39 Å². The van der Waals surface area contributed by atoms with Crippen LogP contribution in [-0.2, 0) is 16.0 Å². The van der Waals surface area contributed by atoms with E-state index >= 15 is 0 Å². The Bertz CT molecular complexity index is 866. The number of carboxylic acid groups (broad SMARTS) is 1. The van der Waals surface area contributed by atoms with E-state index in [1.165, 1.54) is 35.6 Å². The van der Waals surface area contributed by atoms with Crippen LogP contribution in [0.5, 0.6) is 5.75 Å². The molecule has 29 heavy (non-hydrogen) atoms. The van der Waals surface area contributed by atoms with Crippen LogP contribution in [0.2, 0.25) is 0 Å². The second-order valence-electron chi connectivity index (χ2n) is 6.01. The van der Waals surface area contributed by atoms with Gasteiger partial charge in [-0.2, -0.15) is 0 Å². The Morgan fingerprint density at radius 1 is 1.24 bits per heavy atom. The summed E-state index contributed by atoms with van der Waals surface area (Å²) in [4.78, 5) is 37.2. The number of nitrogens with one attached hydrogen (secondary N) is 1. The van der Waals surface area contributed by atoms with Crippen LogP contribution in [0.1, 0.15) is 41.1 Å². The number of rotatable bonds is 11. The highest BCUT2D eigenvalue weighted by Crippen LogP contribution is 2.31. The van der Waals surface area contributed by atoms with Gasteiger partial charge in [0.2, 0.25) is 12.8 Å². The fourth-order valence-electron chi connectivity index (χ4n) is 2.50. The van der Waals surface area contributed by atoms with E-state index in [4.69, 9.17) is 9.84 Å². The van der Waals surface area contributed by atoms with Crippen LogP contribution >= 0.6 is 23.1 Å². The van der Waals surface area contributed by atoms with Crippen molar-refractivity contribution in [3.63, 3.8) is 0 Å². The van der Waals surface area contributed by atoms with E-state index in [1.807, 2.05) is 6.92 Å². The first-order valence-corrected chi connectivity index (χ1v) is 10.9. The molecule has 0 radical (unpaired) electrons. The number of thioether (sulfide) groups is 1. The largest absolute Gasteiger partial charge is 0.480 e. The molecule has 0 aliphatic rings. The van der Waals surface area contributed by atoms with Crippen LogP contribution < -0.4 is 10.1 Å². The monoisotopic (exact) mass is 439 g/mol. The van der Waals surface area contributed by atoms with E-state index in [-0.39, 0.29) is 17.4 Å². The Labute approximate surface area is 176 Å². The molecule has 0 fully saturated rings. The number of hydrogen-bond acceptors (Lipinski definition) is 6. The van der Waals surface area contributed by atoms with Crippen molar-refractivity contribution in [2.45, 2.75) is 31.9 Å². The number of aryl methyl sites for hydroxylation is 1. The number of carbonyl (C=O) groups is 3. The van der Waals surface area contributed by atoms with Crippen molar-refractivity contribution >= 4 is 45.8 Å². The van der Waals surface area contributed by atoms with Gasteiger partial charge in [-0.3, -0.25) is 14.4 Å². The minimum Gasteiger partial charge on any atom is -0.480 e. The van der Waals surface area contributed by atoms with Crippen LogP contribution in [0.25, 0.3) is 0 Å². The maximum absolute atomic E-state index is 12.9. The molecule has 2 rings (SSSR count). The smallest absolute Gasteiger partial charge is 0.316 e. The molecule has 2 aromatic rings. The van der Waals surface area contributed by atoms with Crippen LogP contribution in [0.4, 0.5) is 9.39 Å². The zero-order valence-corrected chi connectivity index (χ0v) is 17.7. The second kappa shape index (κ2) is 11.0. The lowest BCUT2D eigenvalue weighted by Gasteiger charge is -2.10. The summed E-state index contributed by atoms with van der Waals surface area (Å²) in [7, 11) is 0. The molecule has 0 saturated heterocycles. The van der Waals surface area contributed by atoms with Gasteiger partial charge < -0.3 is 15.2 Å². The SMILES string of the molecule is CCc1cc(C(=O)c2ccc(OCF)cc2)c(NC(=O)CSC(CC)C(=O)O)s1. The molecule has 0 spiro atoms. The lowest BCUT2D eigenvalue weighted by atomic mass is 10.0. The van der Waals surface area contributed by atoms with Crippen molar-refractivity contribution in [1.29, 1.82) is 0 Å². The third-order valence-electron chi connectivity index (χ3n) is 4.03. The molecule has 1 aromatic heterocycles. The number of carboxylic acids is 1. The Morgan fingerprint density at radius 2 is 1.93 bits per heavy atom. The highest BCUT2D eigenvalue weighted by molar-refractivity contribution is 8.01. The molecule has 0 aliphatic carbocycles. The van der Waals surface area contributed by atoms with E-state index in [0.29, 0.717) is 34.7 Å². The molecule has 1 amide bonds. The predicted octanol–water partition coefficient (Wildman–Crippen LogP) is 4.38. The minimum atomic E-state index is -0.953. The summed E-state index contributed by atoms with van der Waals surface area (Å²) >= 11 is 2.37. The summed E-state index contributed by atoms with van der Waals surface area (Å²) in [6, 6.07) is 7.83. The lowest BCUT2D eigenvalue weighted by molar-refractivity contribution is -0.136. The van der Waals surface area contributed by atoms with Crippen molar-refractivity contribution in [2.24, 2.45) is 0 Å². The molecule has 156 valence electrons. The zero-order valence-electron chi connectivity index (χ0n) is 16.1. The number of ether oxygens (including phenoxy) is 1. The molecule has 9 heteroatoms. The number of aliphatic carboxylic acids is 1. The van der Waals surface area contributed by atoms with Gasteiger partial charge in [-0.1, -0.05) is 13.8 Å². The molecule has 0 saturated carbocycles. The van der Waals surface area contributed by atoms with E-state index < -0.39 is 18.1 Å². The summed E-state index contributed by atoms with van der Waals surface area (Å²) in [5.74, 6) is -1.29. The molecule has 1 heterocycles. The number of carbonyl (C=O) groups excluding carboxylic acids is 2. The summed E-state index contributed by atoms with van der Waals surface area (Å²) in [5, 5.41) is 11.6. The first-order chi connectivity index (χ1) is 13.9. The van der Waals surface area contributed by atoms with Gasteiger partial charge in [0.05, 0.1) is 11.3 Å². The second-order valence-corrected chi connectivity index (χ2v) is 8.34. The minimum absolute atomic E-state index is 0.0208. The van der Waals surface area contributed by atoms with Gasteiger partial charge in [0.25, 0.3) is 0 Å². The zero-order chi connectivity index (χ0) is 21.4. The molecule has 1 atom stereocenters. The lowest BCUT2D eigenvalue weighted by Crippen LogP contribution is -2.21. The first-order valence-electron chi connectivity index (χ1n) is 9.00. The van der Waals surface area contributed by atoms with E-state index in [0.717, 1.165) is 16.6 Å². The Balaban J connectivity index is 2.15. The molecular formula is C20H22FNO5S2. The average Bonchev–Trinajstić information content (AvgIpc) is 3.11. The number of thiophene rings is 1. The number of amides is 1. The fraction of sp³-hybridized carbons (Fsp3) is 0.350. The maximum Gasteiger partial charge on any atom is 0.316 e. The highest BCUT2D eigenvalue weighted by Gasteiger charge is 2.21. The van der Waals surface area contributed by atoms with E-state index in [1.54, 1.807) is 13.0 Å². The molecule has 1 unspecified atom stereocenters. The number of alkyl halides is 1. The third-order valence-corrected chi connectivity index (χ3v) is 6.59. The highest BCUT2D eigenvalue weighted by atomic mass is 32.2. The number of anilines is 1. The Morgan fingerprint density at radius 3 is 2.48 bits per heavy atom. The third kappa shape index (κ3) is 6.30. The van der Waals surface area contributed by atoms with Gasteiger partial charge in [-0.05, 0) is 43.2 Å². The normalized spacial score (nSPS) is 11.7. The van der Waals surface area contributed by atoms with Gasteiger partial charge in [0.15, 0.2) is 5.78 Å². The Kier molecular flexibility index (Phi) is 8.66. The van der Waals surface area contributed by atoms with Crippen molar-refractivity contribution < 1.29 is 28.6 Å². The van der Waals surface area contributed by atoms with Crippen LogP contribution in [0.3, 0.4) is 0 Å². The van der Waals surface area contributed by atoms with Crippen LogP contribution in [0, 0.1) is 0 Å². The van der Waals surface area contributed by atoms with Crippen molar-refractivity contribution in [2.75, 3.05) is 17.9 Å². The summed E-state index contributed by atoms with van der Waals surface area (Å²) in [5.41, 5.74) is 0.757. The Hall–Kier alpha value is -2.39. The van der Waals surface area contributed by atoms with Crippen molar-refractivity contribution in [1.82, 2.24) is 0 Å². The predicted molar refractivity (Wildman–Crippen MR) is 113 cm³/mol.